The van der Waals surface area contributed by atoms with Crippen molar-refractivity contribution in [3.8, 4) is 11.4 Å². The van der Waals surface area contributed by atoms with Crippen LogP contribution < -0.4 is 10.6 Å². The Balaban J connectivity index is 1.52. The van der Waals surface area contributed by atoms with Gasteiger partial charge in [-0.05, 0) is 24.3 Å². The van der Waals surface area contributed by atoms with Crippen LogP contribution >= 0.6 is 11.6 Å². The molecule has 22 heavy (non-hydrogen) atoms. The molecule has 1 aliphatic rings. The monoisotopic (exact) mass is 318 g/mol. The second-order valence-electron chi connectivity index (χ2n) is 4.87. The minimum Gasteiger partial charge on any atom is -0.354 e. The highest BCUT2D eigenvalue weighted by molar-refractivity contribution is 6.30. The number of carbonyl (C=O) groups excluding carboxylic acids is 1. The van der Waals surface area contributed by atoms with Gasteiger partial charge in [-0.1, -0.05) is 28.9 Å². The first-order chi connectivity index (χ1) is 10.7. The maximum absolute atomic E-state index is 11.8. The molecule has 1 aromatic heterocycles. The van der Waals surface area contributed by atoms with Crippen molar-refractivity contribution in [3.63, 3.8) is 0 Å². The molecule has 2 N–H and O–H groups in total. The molecule has 3 rings (SSSR count). The third kappa shape index (κ3) is 3.52. The van der Waals surface area contributed by atoms with E-state index in [1.54, 1.807) is 12.1 Å². The van der Waals surface area contributed by atoms with Crippen LogP contribution in [0.15, 0.2) is 40.9 Å². The predicted octanol–water partition coefficient (Wildman–Crippen LogP) is 1.58. The molecule has 0 bridgehead atoms. The summed E-state index contributed by atoms with van der Waals surface area (Å²) in [5.41, 5.74) is 0.837. The first kappa shape index (κ1) is 14.7. The zero-order chi connectivity index (χ0) is 15.4. The summed E-state index contributed by atoms with van der Waals surface area (Å²) in [7, 11) is 0. The first-order valence-corrected chi connectivity index (χ1v) is 7.36. The van der Waals surface area contributed by atoms with E-state index < -0.39 is 0 Å². The molecule has 0 fully saturated rings. The van der Waals surface area contributed by atoms with E-state index in [9.17, 15) is 4.79 Å². The number of halogens is 1. The topological polar surface area (TPSA) is 80.1 Å². The molecular formula is C15H15ClN4O2. The molecule has 7 heteroatoms. The van der Waals surface area contributed by atoms with Gasteiger partial charge in [0.05, 0.1) is 0 Å². The molecule has 6 nitrogen and oxygen atoms in total. The van der Waals surface area contributed by atoms with Crippen LogP contribution in [0.3, 0.4) is 0 Å². The molecule has 2 aromatic rings. The second kappa shape index (κ2) is 6.72. The Morgan fingerprint density at radius 3 is 2.95 bits per heavy atom. The summed E-state index contributed by atoms with van der Waals surface area (Å²) in [4.78, 5) is 16.1. The van der Waals surface area contributed by atoms with Gasteiger partial charge in [0.15, 0.2) is 0 Å². The SMILES string of the molecule is O=C(NCCc1nc(-c2ccc(Cl)cc2)no1)[C@H]1C=CCN1. The molecule has 2 heterocycles. The minimum absolute atomic E-state index is 0.0498. The lowest BCUT2D eigenvalue weighted by Gasteiger charge is -2.08. The molecule has 0 spiro atoms. The normalized spacial score (nSPS) is 16.9. The van der Waals surface area contributed by atoms with Crippen molar-refractivity contribution >= 4 is 17.5 Å². The fourth-order valence-electron chi connectivity index (χ4n) is 2.12. The fourth-order valence-corrected chi connectivity index (χ4v) is 2.25. The second-order valence-corrected chi connectivity index (χ2v) is 5.31. The quantitative estimate of drug-likeness (QED) is 0.818. The number of carbonyl (C=O) groups is 1. The Hall–Kier alpha value is -2.18. The number of nitrogens with one attached hydrogen (secondary N) is 2. The van der Waals surface area contributed by atoms with E-state index in [2.05, 4.69) is 20.8 Å². The maximum Gasteiger partial charge on any atom is 0.241 e. The van der Waals surface area contributed by atoms with Crippen molar-refractivity contribution in [1.29, 1.82) is 0 Å². The molecule has 1 amide bonds. The summed E-state index contributed by atoms with van der Waals surface area (Å²) in [6.07, 6.45) is 4.27. The van der Waals surface area contributed by atoms with Crippen LogP contribution in [0.5, 0.6) is 0 Å². The summed E-state index contributed by atoms with van der Waals surface area (Å²) in [6, 6.07) is 6.96. The van der Waals surface area contributed by atoms with E-state index in [1.807, 2.05) is 24.3 Å². The Morgan fingerprint density at radius 1 is 1.41 bits per heavy atom. The zero-order valence-electron chi connectivity index (χ0n) is 11.8. The van der Waals surface area contributed by atoms with Crippen LogP contribution in [-0.4, -0.2) is 35.2 Å². The van der Waals surface area contributed by atoms with Gasteiger partial charge in [-0.3, -0.25) is 10.1 Å². The van der Waals surface area contributed by atoms with Crippen LogP contribution in [0.25, 0.3) is 11.4 Å². The number of hydrogen-bond donors (Lipinski definition) is 2. The average Bonchev–Trinajstić information content (AvgIpc) is 3.19. The highest BCUT2D eigenvalue weighted by Crippen LogP contribution is 2.18. The van der Waals surface area contributed by atoms with E-state index in [0.29, 0.717) is 29.7 Å². The third-order valence-electron chi connectivity index (χ3n) is 3.28. The van der Waals surface area contributed by atoms with E-state index in [4.69, 9.17) is 16.1 Å². The van der Waals surface area contributed by atoms with Crippen molar-refractivity contribution < 1.29 is 9.32 Å². The van der Waals surface area contributed by atoms with E-state index in [-0.39, 0.29) is 11.9 Å². The van der Waals surface area contributed by atoms with Crippen LogP contribution in [0.1, 0.15) is 5.89 Å². The smallest absolute Gasteiger partial charge is 0.241 e. The lowest BCUT2D eigenvalue weighted by Crippen LogP contribution is -2.41. The first-order valence-electron chi connectivity index (χ1n) is 6.98. The van der Waals surface area contributed by atoms with Crippen LogP contribution in [0.4, 0.5) is 0 Å². The van der Waals surface area contributed by atoms with Crippen molar-refractivity contribution in [3.05, 3.63) is 47.3 Å². The summed E-state index contributed by atoms with van der Waals surface area (Å²) in [6.45, 7) is 1.18. The Morgan fingerprint density at radius 2 is 2.23 bits per heavy atom. The number of nitrogens with zero attached hydrogens (tertiary/aromatic N) is 2. The number of hydrogen-bond acceptors (Lipinski definition) is 5. The van der Waals surface area contributed by atoms with Crippen LogP contribution in [0, 0.1) is 0 Å². The van der Waals surface area contributed by atoms with Gasteiger partial charge >= 0.3 is 0 Å². The largest absolute Gasteiger partial charge is 0.354 e. The lowest BCUT2D eigenvalue weighted by atomic mass is 10.2. The molecule has 0 unspecified atom stereocenters. The molecule has 1 aromatic carbocycles. The zero-order valence-corrected chi connectivity index (χ0v) is 12.5. The Kier molecular flexibility index (Phi) is 4.50. The Bertz CT molecular complexity index is 681. The van der Waals surface area contributed by atoms with Gasteiger partial charge in [0.25, 0.3) is 0 Å². The van der Waals surface area contributed by atoms with E-state index in [1.165, 1.54) is 0 Å². The van der Waals surface area contributed by atoms with E-state index in [0.717, 1.165) is 12.1 Å². The van der Waals surface area contributed by atoms with Crippen LogP contribution in [-0.2, 0) is 11.2 Å². The molecule has 1 aliphatic heterocycles. The van der Waals surface area contributed by atoms with Gasteiger partial charge in [0, 0.05) is 30.1 Å². The number of amides is 1. The number of benzene rings is 1. The van der Waals surface area contributed by atoms with Gasteiger partial charge in [-0.2, -0.15) is 4.98 Å². The van der Waals surface area contributed by atoms with Gasteiger partial charge in [0.2, 0.25) is 17.6 Å². The fraction of sp³-hybridized carbons (Fsp3) is 0.267. The molecule has 0 saturated heterocycles. The maximum atomic E-state index is 11.8. The summed E-state index contributed by atoms with van der Waals surface area (Å²) in [5.74, 6) is 0.949. The van der Waals surface area contributed by atoms with Crippen molar-refractivity contribution in [2.24, 2.45) is 0 Å². The van der Waals surface area contributed by atoms with Crippen molar-refractivity contribution in [2.45, 2.75) is 12.5 Å². The van der Waals surface area contributed by atoms with Gasteiger partial charge in [-0.15, -0.1) is 0 Å². The van der Waals surface area contributed by atoms with Crippen LogP contribution in [0.2, 0.25) is 5.02 Å². The molecule has 1 atom stereocenters. The average molecular weight is 319 g/mol. The predicted molar refractivity (Wildman–Crippen MR) is 82.4 cm³/mol. The number of rotatable bonds is 5. The number of aromatic nitrogens is 2. The summed E-state index contributed by atoms with van der Waals surface area (Å²) >= 11 is 5.84. The highest BCUT2D eigenvalue weighted by atomic mass is 35.5. The third-order valence-corrected chi connectivity index (χ3v) is 3.53. The summed E-state index contributed by atoms with van der Waals surface area (Å²) in [5, 5.41) is 10.5. The molecule has 0 aliphatic carbocycles. The minimum atomic E-state index is -0.243. The summed E-state index contributed by atoms with van der Waals surface area (Å²) < 4.78 is 5.18. The van der Waals surface area contributed by atoms with Gasteiger partial charge < -0.3 is 9.84 Å². The molecular weight excluding hydrogens is 304 g/mol. The van der Waals surface area contributed by atoms with Crippen molar-refractivity contribution in [1.82, 2.24) is 20.8 Å². The van der Waals surface area contributed by atoms with Gasteiger partial charge in [0.1, 0.15) is 6.04 Å². The molecule has 0 radical (unpaired) electrons. The molecule has 114 valence electrons. The van der Waals surface area contributed by atoms with E-state index >= 15 is 0 Å². The lowest BCUT2D eigenvalue weighted by molar-refractivity contribution is -0.121. The Labute approximate surface area is 132 Å². The van der Waals surface area contributed by atoms with Gasteiger partial charge in [-0.25, -0.2) is 0 Å². The highest BCUT2D eigenvalue weighted by Gasteiger charge is 2.17. The standard InChI is InChI=1S/C15H15ClN4O2/c16-11-5-3-10(4-6-11)14-19-13(22-20-14)7-9-18-15(21)12-2-1-8-17-12/h1-6,12,17H,7-9H2,(H,18,21)/t12-/m1/s1. The molecule has 0 saturated carbocycles. The van der Waals surface area contributed by atoms with Crippen molar-refractivity contribution in [2.75, 3.05) is 13.1 Å².